The average molecular weight is 445 g/mol. The number of nitrogens with zero attached hydrogens (tertiary/aromatic N) is 1. The number of nitrogens with one attached hydrogen (secondary N) is 1. The number of rotatable bonds is 5. The molecule has 2 aromatic carbocycles. The van der Waals surface area contributed by atoms with Gasteiger partial charge in [0.1, 0.15) is 17.4 Å². The summed E-state index contributed by atoms with van der Waals surface area (Å²) in [4.78, 5) is 13.3. The van der Waals surface area contributed by atoms with Gasteiger partial charge in [-0.1, -0.05) is 18.2 Å². The lowest BCUT2D eigenvalue weighted by molar-refractivity contribution is -0.123. The molecular weight excluding hydrogens is 412 g/mol. The van der Waals surface area contributed by atoms with Gasteiger partial charge in [0.05, 0.1) is 18.0 Å². The van der Waals surface area contributed by atoms with E-state index in [9.17, 15) is 13.2 Å². The molecule has 2 aromatic rings. The number of fused-ring (bicyclic) bond motifs is 1. The van der Waals surface area contributed by atoms with E-state index in [4.69, 9.17) is 4.74 Å². The summed E-state index contributed by atoms with van der Waals surface area (Å²) >= 11 is 0. The van der Waals surface area contributed by atoms with Crippen molar-refractivity contribution in [3.05, 3.63) is 58.7 Å². The van der Waals surface area contributed by atoms with E-state index in [0.717, 1.165) is 34.3 Å². The fraction of sp³-hybridized carbons (Fsp3) is 0.458. The number of ether oxygens (including phenoxy) is 1. The van der Waals surface area contributed by atoms with Gasteiger partial charge in [0.15, 0.2) is 0 Å². The lowest BCUT2D eigenvalue weighted by atomic mass is 9.89. The minimum absolute atomic E-state index is 0.269. The zero-order valence-corrected chi connectivity index (χ0v) is 20.1. The van der Waals surface area contributed by atoms with Crippen molar-refractivity contribution in [3.8, 4) is 5.75 Å². The zero-order chi connectivity index (χ0) is 23.1. The van der Waals surface area contributed by atoms with Gasteiger partial charge in [-0.3, -0.25) is 9.10 Å². The van der Waals surface area contributed by atoms with E-state index in [-0.39, 0.29) is 11.9 Å². The van der Waals surface area contributed by atoms with Gasteiger partial charge in [-0.15, -0.1) is 0 Å². The minimum Gasteiger partial charge on any atom is -0.487 e. The third kappa shape index (κ3) is 5.21. The highest BCUT2D eigenvalue weighted by Crippen LogP contribution is 2.40. The topological polar surface area (TPSA) is 75.7 Å². The maximum atomic E-state index is 13.3. The number of benzene rings is 2. The van der Waals surface area contributed by atoms with Crippen LogP contribution in [-0.2, 0) is 14.8 Å². The average Bonchev–Trinajstić information content (AvgIpc) is 2.58. The van der Waals surface area contributed by atoms with Crippen molar-refractivity contribution in [2.45, 2.75) is 65.6 Å². The molecule has 1 aliphatic heterocycles. The molecule has 0 spiro atoms. The van der Waals surface area contributed by atoms with Crippen molar-refractivity contribution in [1.82, 2.24) is 5.32 Å². The molecule has 0 aromatic heterocycles. The number of anilines is 1. The second-order valence-electron chi connectivity index (χ2n) is 9.25. The van der Waals surface area contributed by atoms with Crippen LogP contribution in [0.4, 0.5) is 5.69 Å². The monoisotopic (exact) mass is 444 g/mol. The van der Waals surface area contributed by atoms with Gasteiger partial charge in [0.2, 0.25) is 15.9 Å². The normalized spacial score (nSPS) is 18.5. The standard InChI is InChI=1S/C24H32N2O4S/c1-15-8-9-20-21(14-24(5,6)30-22(20)13-15)25-23(27)18(4)26(31(7,28)29)19-11-16(2)10-17(3)12-19/h8-13,18,21H,14H2,1-7H3,(H,25,27)/t18-,21-/m1/s1. The second kappa shape index (κ2) is 8.19. The number of hydrogen-bond donors (Lipinski definition) is 1. The molecule has 1 heterocycles. The molecule has 168 valence electrons. The van der Waals surface area contributed by atoms with Crippen LogP contribution in [0.3, 0.4) is 0 Å². The first kappa shape index (κ1) is 23.1. The van der Waals surface area contributed by atoms with Gasteiger partial charge in [-0.05, 0) is 76.4 Å². The number of sulfonamides is 1. The van der Waals surface area contributed by atoms with E-state index in [1.165, 1.54) is 4.31 Å². The second-order valence-corrected chi connectivity index (χ2v) is 11.1. The molecular formula is C24H32N2O4S. The quantitative estimate of drug-likeness (QED) is 0.750. The number of carbonyl (C=O) groups excluding carboxylic acids is 1. The summed E-state index contributed by atoms with van der Waals surface area (Å²) in [6, 6.07) is 10.3. The van der Waals surface area contributed by atoms with Crippen molar-refractivity contribution in [2.24, 2.45) is 0 Å². The lowest BCUT2D eigenvalue weighted by Gasteiger charge is -2.39. The van der Waals surface area contributed by atoms with E-state index in [1.807, 2.05) is 58.9 Å². The molecule has 1 amide bonds. The third-order valence-corrected chi connectivity index (χ3v) is 6.73. The molecule has 0 radical (unpaired) electrons. The van der Waals surface area contributed by atoms with Gasteiger partial charge in [-0.25, -0.2) is 8.42 Å². The summed E-state index contributed by atoms with van der Waals surface area (Å²) in [5.74, 6) is 0.405. The van der Waals surface area contributed by atoms with Crippen LogP contribution in [0.25, 0.3) is 0 Å². The highest BCUT2D eigenvalue weighted by Gasteiger charge is 2.37. The van der Waals surface area contributed by atoms with Gasteiger partial charge in [-0.2, -0.15) is 0 Å². The van der Waals surface area contributed by atoms with Crippen molar-refractivity contribution < 1.29 is 17.9 Å². The Morgan fingerprint density at radius 1 is 1.10 bits per heavy atom. The van der Waals surface area contributed by atoms with E-state index >= 15 is 0 Å². The van der Waals surface area contributed by atoms with Crippen LogP contribution >= 0.6 is 0 Å². The number of amides is 1. The Labute approximate surface area is 185 Å². The Kier molecular flexibility index (Phi) is 6.11. The first-order valence-corrected chi connectivity index (χ1v) is 12.3. The van der Waals surface area contributed by atoms with Crippen molar-refractivity contribution in [2.75, 3.05) is 10.6 Å². The van der Waals surface area contributed by atoms with Crippen LogP contribution in [-0.4, -0.2) is 32.2 Å². The van der Waals surface area contributed by atoms with Crippen molar-refractivity contribution >= 4 is 21.6 Å². The molecule has 1 aliphatic rings. The van der Waals surface area contributed by atoms with Crippen LogP contribution in [0.15, 0.2) is 36.4 Å². The highest BCUT2D eigenvalue weighted by atomic mass is 32.2. The Bertz CT molecular complexity index is 1090. The van der Waals surface area contributed by atoms with E-state index < -0.39 is 21.7 Å². The molecule has 3 rings (SSSR count). The number of carbonyl (C=O) groups is 1. The molecule has 2 atom stereocenters. The van der Waals surface area contributed by atoms with Crippen molar-refractivity contribution in [3.63, 3.8) is 0 Å². The Hall–Kier alpha value is -2.54. The molecule has 0 aliphatic carbocycles. The fourth-order valence-corrected chi connectivity index (χ4v) is 5.43. The largest absolute Gasteiger partial charge is 0.487 e. The fourth-order valence-electron chi connectivity index (χ4n) is 4.27. The highest BCUT2D eigenvalue weighted by molar-refractivity contribution is 7.92. The zero-order valence-electron chi connectivity index (χ0n) is 19.3. The van der Waals surface area contributed by atoms with Gasteiger partial charge >= 0.3 is 0 Å². The molecule has 0 fully saturated rings. The van der Waals surface area contributed by atoms with Gasteiger partial charge in [0, 0.05) is 12.0 Å². The first-order valence-electron chi connectivity index (χ1n) is 10.4. The Balaban J connectivity index is 1.93. The summed E-state index contributed by atoms with van der Waals surface area (Å²) in [7, 11) is -3.68. The molecule has 0 bridgehead atoms. The Morgan fingerprint density at radius 3 is 2.29 bits per heavy atom. The summed E-state index contributed by atoms with van der Waals surface area (Å²) in [5, 5.41) is 3.08. The van der Waals surface area contributed by atoms with Crippen LogP contribution in [0, 0.1) is 20.8 Å². The first-order chi connectivity index (χ1) is 14.3. The van der Waals surface area contributed by atoms with Crippen LogP contribution in [0.2, 0.25) is 0 Å². The van der Waals surface area contributed by atoms with Crippen LogP contribution in [0.5, 0.6) is 5.75 Å². The van der Waals surface area contributed by atoms with E-state index in [1.54, 1.807) is 19.1 Å². The molecule has 0 saturated heterocycles. The lowest BCUT2D eigenvalue weighted by Crippen LogP contribution is -2.50. The molecule has 7 heteroatoms. The third-order valence-electron chi connectivity index (χ3n) is 5.49. The smallest absolute Gasteiger partial charge is 0.244 e. The summed E-state index contributed by atoms with van der Waals surface area (Å²) in [5.41, 5.74) is 3.90. The predicted molar refractivity (Wildman–Crippen MR) is 124 cm³/mol. The van der Waals surface area contributed by atoms with Gasteiger partial charge in [0.25, 0.3) is 0 Å². The maximum Gasteiger partial charge on any atom is 0.244 e. The predicted octanol–water partition coefficient (Wildman–Crippen LogP) is 4.18. The Morgan fingerprint density at radius 2 is 1.71 bits per heavy atom. The number of aryl methyl sites for hydroxylation is 3. The SMILES string of the molecule is Cc1cc(C)cc(N([C@H](C)C(=O)N[C@@H]2CC(C)(C)Oc3cc(C)ccc32)S(C)(=O)=O)c1. The van der Waals surface area contributed by atoms with Crippen LogP contribution in [0.1, 0.15) is 55.5 Å². The van der Waals surface area contributed by atoms with E-state index in [0.29, 0.717) is 12.1 Å². The summed E-state index contributed by atoms with van der Waals surface area (Å²) in [6.45, 7) is 11.4. The molecule has 31 heavy (non-hydrogen) atoms. The van der Waals surface area contributed by atoms with E-state index in [2.05, 4.69) is 5.32 Å². The summed E-state index contributed by atoms with van der Waals surface area (Å²) in [6.07, 6.45) is 1.72. The summed E-state index contributed by atoms with van der Waals surface area (Å²) < 4.78 is 32.6. The van der Waals surface area contributed by atoms with Crippen molar-refractivity contribution in [1.29, 1.82) is 0 Å². The number of hydrogen-bond acceptors (Lipinski definition) is 4. The maximum absolute atomic E-state index is 13.3. The molecule has 0 unspecified atom stereocenters. The minimum atomic E-state index is -3.68. The van der Waals surface area contributed by atoms with Crippen LogP contribution < -0.4 is 14.4 Å². The molecule has 1 N–H and O–H groups in total. The van der Waals surface area contributed by atoms with Gasteiger partial charge < -0.3 is 10.1 Å². The molecule has 0 saturated carbocycles. The molecule has 6 nitrogen and oxygen atoms in total.